The Hall–Kier alpha value is -2.45. The molecule has 2 amide bonds. The van der Waals surface area contributed by atoms with Gasteiger partial charge in [0.25, 0.3) is 6.47 Å². The number of fused-ring (bicyclic) bond motifs is 4. The van der Waals surface area contributed by atoms with Gasteiger partial charge in [0.15, 0.2) is 0 Å². The van der Waals surface area contributed by atoms with Gasteiger partial charge in [0, 0.05) is 23.8 Å². The molecule has 1 spiro atoms. The molecule has 5 rings (SSSR count). The minimum absolute atomic E-state index is 0.0168. The zero-order valence-corrected chi connectivity index (χ0v) is 19.0. The number of carboxylic acid groups (broad SMARTS) is 1. The average molecular weight is 443 g/mol. The third kappa shape index (κ3) is 3.59. The molecular weight excluding hydrogens is 408 g/mol. The third-order valence-electron chi connectivity index (χ3n) is 7.75. The maximum atomic E-state index is 13.7. The molecule has 3 atom stereocenters. The van der Waals surface area contributed by atoms with E-state index in [1.807, 2.05) is 24.3 Å². The normalized spacial score (nSPS) is 29.2. The highest BCUT2D eigenvalue weighted by Gasteiger charge is 2.66. The lowest BCUT2D eigenvalue weighted by molar-refractivity contribution is -0.138. The first kappa shape index (κ1) is 22.7. The Balaban J connectivity index is 0.000000775. The van der Waals surface area contributed by atoms with Gasteiger partial charge in [0.05, 0.1) is 11.5 Å². The fraction of sp³-hybridized carbons (Fsp3) is 0.625. The van der Waals surface area contributed by atoms with Crippen LogP contribution in [0.25, 0.3) is 0 Å². The molecular formula is C24H34N4O4. The van der Waals surface area contributed by atoms with Crippen molar-refractivity contribution in [1.29, 1.82) is 0 Å². The lowest BCUT2D eigenvalue weighted by Crippen LogP contribution is -2.56. The Labute approximate surface area is 189 Å². The van der Waals surface area contributed by atoms with Crippen LogP contribution in [-0.2, 0) is 19.9 Å². The summed E-state index contributed by atoms with van der Waals surface area (Å²) < 4.78 is 0. The van der Waals surface area contributed by atoms with Crippen molar-refractivity contribution < 1.29 is 19.5 Å². The van der Waals surface area contributed by atoms with Crippen LogP contribution in [0.15, 0.2) is 24.3 Å². The van der Waals surface area contributed by atoms with Crippen LogP contribution >= 0.6 is 0 Å². The van der Waals surface area contributed by atoms with Crippen LogP contribution in [0.4, 0.5) is 5.69 Å². The molecule has 3 aliphatic heterocycles. The minimum atomic E-state index is -0.840. The van der Waals surface area contributed by atoms with Gasteiger partial charge in [-0.25, -0.2) is 0 Å². The zero-order chi connectivity index (χ0) is 22.9. The molecule has 1 aromatic carbocycles. The van der Waals surface area contributed by atoms with E-state index in [0.717, 1.165) is 69.5 Å². The fourth-order valence-electron chi connectivity index (χ4n) is 6.08. The second kappa shape index (κ2) is 8.83. The summed E-state index contributed by atoms with van der Waals surface area (Å²) in [4.78, 5) is 40.2. The number of nitrogens with zero attached hydrogens (tertiary/aromatic N) is 2. The van der Waals surface area contributed by atoms with Gasteiger partial charge in [-0.1, -0.05) is 32.0 Å². The highest BCUT2D eigenvalue weighted by atomic mass is 16.3. The largest absolute Gasteiger partial charge is 0.483 e. The molecule has 2 saturated heterocycles. The van der Waals surface area contributed by atoms with Gasteiger partial charge >= 0.3 is 0 Å². The topological polar surface area (TPSA) is 102 Å². The summed E-state index contributed by atoms with van der Waals surface area (Å²) in [5.41, 5.74) is 0.911. The molecule has 0 bridgehead atoms. The summed E-state index contributed by atoms with van der Waals surface area (Å²) in [5, 5.41) is 13.4. The quantitative estimate of drug-likeness (QED) is 0.583. The first-order valence-electron chi connectivity index (χ1n) is 11.8. The molecule has 1 aliphatic carbocycles. The van der Waals surface area contributed by atoms with Crippen LogP contribution in [0.2, 0.25) is 0 Å². The summed E-state index contributed by atoms with van der Waals surface area (Å²) in [6.07, 6.45) is 5.01. The van der Waals surface area contributed by atoms with Crippen molar-refractivity contribution in [2.75, 3.05) is 31.5 Å². The number of nitrogens with one attached hydrogen (secondary N) is 2. The van der Waals surface area contributed by atoms with E-state index in [-0.39, 0.29) is 29.7 Å². The van der Waals surface area contributed by atoms with Crippen LogP contribution in [0.1, 0.15) is 51.5 Å². The van der Waals surface area contributed by atoms with Gasteiger partial charge in [0.1, 0.15) is 5.54 Å². The number of amides is 2. The van der Waals surface area contributed by atoms with Crippen molar-refractivity contribution >= 4 is 24.0 Å². The molecule has 8 heteroatoms. The lowest BCUT2D eigenvalue weighted by atomic mass is 9.78. The van der Waals surface area contributed by atoms with Crippen molar-refractivity contribution in [3.05, 3.63) is 29.8 Å². The summed E-state index contributed by atoms with van der Waals surface area (Å²) in [6.45, 7) is 7.87. The van der Waals surface area contributed by atoms with Crippen molar-refractivity contribution in [2.45, 2.75) is 63.1 Å². The van der Waals surface area contributed by atoms with E-state index < -0.39 is 5.54 Å². The Kier molecular flexibility index (Phi) is 6.27. The van der Waals surface area contributed by atoms with Crippen molar-refractivity contribution in [2.24, 2.45) is 5.92 Å². The first-order valence-corrected chi connectivity index (χ1v) is 11.8. The summed E-state index contributed by atoms with van der Waals surface area (Å²) in [6, 6.07) is 8.26. The van der Waals surface area contributed by atoms with E-state index in [4.69, 9.17) is 9.90 Å². The predicted molar refractivity (Wildman–Crippen MR) is 121 cm³/mol. The Morgan fingerprint density at radius 1 is 1.31 bits per heavy atom. The van der Waals surface area contributed by atoms with Gasteiger partial charge in [-0.15, -0.1) is 0 Å². The number of rotatable bonds is 6. The molecule has 0 radical (unpaired) electrons. The van der Waals surface area contributed by atoms with Crippen molar-refractivity contribution in [1.82, 2.24) is 15.1 Å². The van der Waals surface area contributed by atoms with Crippen molar-refractivity contribution in [3.63, 3.8) is 0 Å². The second-order valence-corrected chi connectivity index (χ2v) is 9.38. The number of anilines is 1. The number of carbonyl (C=O) groups excluding carboxylic acids is 2. The monoisotopic (exact) mass is 442 g/mol. The molecule has 0 unspecified atom stereocenters. The van der Waals surface area contributed by atoms with Gasteiger partial charge in [-0.2, -0.15) is 0 Å². The van der Waals surface area contributed by atoms with E-state index in [1.54, 1.807) is 0 Å². The van der Waals surface area contributed by atoms with E-state index in [0.29, 0.717) is 6.04 Å². The van der Waals surface area contributed by atoms with Gasteiger partial charge in [-0.3, -0.25) is 19.3 Å². The van der Waals surface area contributed by atoms with E-state index in [9.17, 15) is 9.59 Å². The van der Waals surface area contributed by atoms with E-state index in [2.05, 4.69) is 34.3 Å². The number of likely N-dealkylation sites (N-methyl/N-ethyl adjacent to an activating group) is 1. The maximum Gasteiger partial charge on any atom is 0.290 e. The van der Waals surface area contributed by atoms with Crippen molar-refractivity contribution in [3.8, 4) is 0 Å². The van der Waals surface area contributed by atoms with Crippen LogP contribution < -0.4 is 10.6 Å². The third-order valence-corrected chi connectivity index (χ3v) is 7.75. The molecule has 4 aliphatic rings. The molecule has 0 aromatic heterocycles. The molecule has 1 aromatic rings. The van der Waals surface area contributed by atoms with Crippen LogP contribution in [0.5, 0.6) is 0 Å². The van der Waals surface area contributed by atoms with Crippen LogP contribution in [0.3, 0.4) is 0 Å². The van der Waals surface area contributed by atoms with E-state index in [1.165, 1.54) is 0 Å². The molecule has 8 nitrogen and oxygen atoms in total. The molecule has 32 heavy (non-hydrogen) atoms. The van der Waals surface area contributed by atoms with Crippen LogP contribution in [-0.4, -0.2) is 71.0 Å². The second-order valence-electron chi connectivity index (χ2n) is 9.38. The first-order chi connectivity index (χ1) is 15.5. The Morgan fingerprint density at radius 3 is 2.66 bits per heavy atom. The number of para-hydroxylation sites is 1. The fourth-order valence-corrected chi connectivity index (χ4v) is 6.08. The smallest absolute Gasteiger partial charge is 0.290 e. The Morgan fingerprint density at radius 2 is 2.00 bits per heavy atom. The van der Waals surface area contributed by atoms with Gasteiger partial charge < -0.3 is 20.6 Å². The van der Waals surface area contributed by atoms with Crippen LogP contribution in [0, 0.1) is 5.92 Å². The number of hydrogen-bond donors (Lipinski definition) is 3. The highest BCUT2D eigenvalue weighted by Crippen LogP contribution is 2.55. The summed E-state index contributed by atoms with van der Waals surface area (Å²) >= 11 is 0. The maximum absolute atomic E-state index is 13.7. The number of carbonyl (C=O) groups is 3. The minimum Gasteiger partial charge on any atom is -0.483 e. The molecule has 3 fully saturated rings. The Bertz CT molecular complexity index is 883. The average Bonchev–Trinajstić information content (AvgIpc) is 3.11. The van der Waals surface area contributed by atoms with Gasteiger partial charge in [-0.05, 0) is 57.8 Å². The number of hydrogen-bond acceptors (Lipinski definition) is 5. The SMILES string of the molecule is CCN(CC)CC1(NC(=O)[C@H]2C[C@H]3CCCN3[C@]23C(=O)Nc2ccccc23)CC1.O=CO. The number of benzene rings is 1. The molecule has 1 saturated carbocycles. The summed E-state index contributed by atoms with van der Waals surface area (Å²) in [5.74, 6) is -0.279. The zero-order valence-electron chi connectivity index (χ0n) is 19.0. The van der Waals surface area contributed by atoms with Gasteiger partial charge in [0.2, 0.25) is 11.8 Å². The summed E-state index contributed by atoms with van der Waals surface area (Å²) in [7, 11) is 0. The lowest BCUT2D eigenvalue weighted by Gasteiger charge is -2.37. The molecule has 3 heterocycles. The predicted octanol–water partition coefficient (Wildman–Crippen LogP) is 2.01. The molecule has 3 N–H and O–H groups in total. The standard InChI is InChI=1S/C23H32N4O2.CH2O2/c1-3-26(4-2)15-22(11-12-22)25-20(28)18-14-16-8-7-13-27(16)23(18)17-9-5-6-10-19(17)24-21(23)29;2-1-3/h5-6,9-10,16,18H,3-4,7-8,11-15H2,1-2H3,(H,24,29)(H,25,28);1H,(H,2,3)/t16-,18-,23+;/m1./s1. The molecule has 174 valence electrons. The highest BCUT2D eigenvalue weighted by molar-refractivity contribution is 6.09. The van der Waals surface area contributed by atoms with E-state index >= 15 is 0 Å².